The molecule has 3 N–H and O–H groups in total. The van der Waals surface area contributed by atoms with Crippen molar-refractivity contribution in [2.75, 3.05) is 0 Å². The van der Waals surface area contributed by atoms with Gasteiger partial charge in [-0.1, -0.05) is 42.5 Å². The number of nitrogens with one attached hydrogen (secondary N) is 1. The lowest BCUT2D eigenvalue weighted by Crippen LogP contribution is -2.31. The van der Waals surface area contributed by atoms with Crippen molar-refractivity contribution in [2.24, 2.45) is 0 Å². The molecule has 2 aromatic carbocycles. The van der Waals surface area contributed by atoms with E-state index in [4.69, 9.17) is 0 Å². The van der Waals surface area contributed by atoms with Crippen LogP contribution < -0.4 is 5.32 Å². The van der Waals surface area contributed by atoms with Gasteiger partial charge in [-0.2, -0.15) is 0 Å². The molecule has 0 radical (unpaired) electrons. The fraction of sp³-hybridized carbons (Fsp3) is 0.250. The van der Waals surface area contributed by atoms with Crippen molar-refractivity contribution in [3.63, 3.8) is 0 Å². The molecule has 0 saturated heterocycles. The predicted molar refractivity (Wildman–Crippen MR) is 75.8 cm³/mol. The van der Waals surface area contributed by atoms with E-state index in [0.717, 1.165) is 0 Å². The Morgan fingerprint density at radius 3 is 2.47 bits per heavy atom. The van der Waals surface area contributed by atoms with Gasteiger partial charge in [0.25, 0.3) is 0 Å². The van der Waals surface area contributed by atoms with Gasteiger partial charge in [0.2, 0.25) is 0 Å². The van der Waals surface area contributed by atoms with E-state index in [9.17, 15) is 10.2 Å². The molecular weight excluding hydrogens is 238 g/mol. The molecule has 100 valence electrons. The second-order valence-corrected chi connectivity index (χ2v) is 4.69. The van der Waals surface area contributed by atoms with Crippen molar-refractivity contribution in [1.82, 2.24) is 5.32 Å². The largest absolute Gasteiger partial charge is 0.508 e. The molecule has 2 rings (SSSR count). The van der Waals surface area contributed by atoms with Crippen LogP contribution in [0.5, 0.6) is 5.75 Å². The van der Waals surface area contributed by atoms with Crippen molar-refractivity contribution in [3.05, 3.63) is 65.7 Å². The molecule has 3 heteroatoms. The molecule has 0 aliphatic heterocycles. The number of rotatable bonds is 5. The van der Waals surface area contributed by atoms with Crippen molar-refractivity contribution >= 4 is 0 Å². The fourth-order valence-corrected chi connectivity index (χ4v) is 1.98. The van der Waals surface area contributed by atoms with Gasteiger partial charge in [0.05, 0.1) is 6.10 Å². The van der Waals surface area contributed by atoms with Crippen LogP contribution in [0.15, 0.2) is 54.6 Å². The summed E-state index contributed by atoms with van der Waals surface area (Å²) in [5, 5.41) is 22.9. The van der Waals surface area contributed by atoms with Crippen LogP contribution in [0.3, 0.4) is 0 Å². The van der Waals surface area contributed by atoms with Gasteiger partial charge in [0.1, 0.15) is 5.75 Å². The minimum atomic E-state index is -0.643. The average molecular weight is 257 g/mol. The summed E-state index contributed by atoms with van der Waals surface area (Å²) in [6.45, 7) is 2.63. The maximum Gasteiger partial charge on any atom is 0.115 e. The van der Waals surface area contributed by atoms with Gasteiger partial charge in [-0.25, -0.2) is 0 Å². The summed E-state index contributed by atoms with van der Waals surface area (Å²) >= 11 is 0. The number of phenols is 1. The van der Waals surface area contributed by atoms with Crippen molar-refractivity contribution in [2.45, 2.75) is 25.6 Å². The van der Waals surface area contributed by atoms with Gasteiger partial charge in [-0.3, -0.25) is 0 Å². The normalized spacial score (nSPS) is 14.0. The SMILES string of the molecule is C[C@@H](NCc1ccccc1)[C@@H](O)c1cccc(O)c1. The van der Waals surface area contributed by atoms with Crippen LogP contribution in [-0.2, 0) is 6.54 Å². The number of aliphatic hydroxyl groups is 1. The Kier molecular flexibility index (Phi) is 4.55. The van der Waals surface area contributed by atoms with Gasteiger partial charge in [-0.15, -0.1) is 0 Å². The molecule has 2 aromatic rings. The number of phenolic OH excluding ortho intramolecular Hbond substituents is 1. The van der Waals surface area contributed by atoms with Crippen molar-refractivity contribution in [1.29, 1.82) is 0 Å². The number of hydrogen-bond donors (Lipinski definition) is 3. The second-order valence-electron chi connectivity index (χ2n) is 4.69. The maximum absolute atomic E-state index is 10.2. The van der Waals surface area contributed by atoms with E-state index in [0.29, 0.717) is 12.1 Å². The quantitative estimate of drug-likeness (QED) is 0.771. The Morgan fingerprint density at radius 1 is 1.05 bits per heavy atom. The first kappa shape index (κ1) is 13.6. The van der Waals surface area contributed by atoms with Crippen molar-refractivity contribution in [3.8, 4) is 5.75 Å². The third-order valence-corrected chi connectivity index (χ3v) is 3.16. The number of benzene rings is 2. The van der Waals surface area contributed by atoms with E-state index in [1.807, 2.05) is 43.3 Å². The first-order valence-electron chi connectivity index (χ1n) is 6.41. The average Bonchev–Trinajstić information content (AvgIpc) is 2.45. The summed E-state index contributed by atoms with van der Waals surface area (Å²) in [5.74, 6) is 0.173. The molecule has 2 atom stereocenters. The lowest BCUT2D eigenvalue weighted by Gasteiger charge is -2.21. The van der Waals surface area contributed by atoms with E-state index in [1.165, 1.54) is 5.56 Å². The van der Waals surface area contributed by atoms with Crippen LogP contribution in [0, 0.1) is 0 Å². The standard InChI is InChI=1S/C16H19NO2/c1-12(17-11-13-6-3-2-4-7-13)16(19)14-8-5-9-15(18)10-14/h2-10,12,16-19H,11H2,1H3/t12-,16-/m1/s1. The minimum absolute atomic E-state index is 0.0954. The van der Waals surface area contributed by atoms with Gasteiger partial charge in [0.15, 0.2) is 0 Å². The molecule has 0 aliphatic rings. The summed E-state index contributed by atoms with van der Waals surface area (Å²) < 4.78 is 0. The molecule has 0 amide bonds. The number of aliphatic hydroxyl groups excluding tert-OH is 1. The molecule has 0 aliphatic carbocycles. The van der Waals surface area contributed by atoms with Gasteiger partial charge >= 0.3 is 0 Å². The Morgan fingerprint density at radius 2 is 1.79 bits per heavy atom. The lowest BCUT2D eigenvalue weighted by molar-refractivity contribution is 0.135. The highest BCUT2D eigenvalue weighted by Gasteiger charge is 2.16. The van der Waals surface area contributed by atoms with Crippen LogP contribution in [0.25, 0.3) is 0 Å². The maximum atomic E-state index is 10.2. The third kappa shape index (κ3) is 3.81. The molecule has 0 fully saturated rings. The van der Waals surface area contributed by atoms with Crippen LogP contribution in [0.1, 0.15) is 24.2 Å². The summed E-state index contributed by atoms with van der Waals surface area (Å²) in [6, 6.07) is 16.7. The lowest BCUT2D eigenvalue weighted by atomic mass is 10.0. The molecule has 0 saturated carbocycles. The Bertz CT molecular complexity index is 513. The van der Waals surface area contributed by atoms with Crippen molar-refractivity contribution < 1.29 is 10.2 Å². The first-order valence-corrected chi connectivity index (χ1v) is 6.41. The predicted octanol–water partition coefficient (Wildman–Crippen LogP) is 2.60. The van der Waals surface area contributed by atoms with Crippen LogP contribution in [0.4, 0.5) is 0 Å². The molecule has 0 spiro atoms. The van der Waals surface area contributed by atoms with E-state index in [1.54, 1.807) is 18.2 Å². The third-order valence-electron chi connectivity index (χ3n) is 3.16. The molecular formula is C16H19NO2. The van der Waals surface area contributed by atoms with Crippen LogP contribution in [0.2, 0.25) is 0 Å². The van der Waals surface area contributed by atoms with Gasteiger partial charge in [-0.05, 0) is 30.2 Å². The Labute approximate surface area is 113 Å². The molecule has 19 heavy (non-hydrogen) atoms. The summed E-state index contributed by atoms with van der Waals surface area (Å²) in [6.07, 6.45) is -0.643. The highest BCUT2D eigenvalue weighted by atomic mass is 16.3. The zero-order valence-corrected chi connectivity index (χ0v) is 11.0. The second kappa shape index (κ2) is 6.36. The first-order chi connectivity index (χ1) is 9.16. The summed E-state index contributed by atoms with van der Waals surface area (Å²) in [4.78, 5) is 0. The Balaban J connectivity index is 1.94. The van der Waals surface area contributed by atoms with E-state index in [2.05, 4.69) is 5.32 Å². The zero-order valence-electron chi connectivity index (χ0n) is 11.0. The molecule has 0 unspecified atom stereocenters. The topological polar surface area (TPSA) is 52.5 Å². The van der Waals surface area contributed by atoms with E-state index < -0.39 is 6.10 Å². The van der Waals surface area contributed by atoms with E-state index >= 15 is 0 Å². The smallest absolute Gasteiger partial charge is 0.115 e. The molecule has 0 bridgehead atoms. The molecule has 0 heterocycles. The molecule has 0 aromatic heterocycles. The highest BCUT2D eigenvalue weighted by Crippen LogP contribution is 2.20. The van der Waals surface area contributed by atoms with Crippen LogP contribution >= 0.6 is 0 Å². The minimum Gasteiger partial charge on any atom is -0.508 e. The zero-order chi connectivity index (χ0) is 13.7. The van der Waals surface area contributed by atoms with E-state index in [-0.39, 0.29) is 11.8 Å². The summed E-state index contributed by atoms with van der Waals surface area (Å²) in [5.41, 5.74) is 1.89. The highest BCUT2D eigenvalue weighted by molar-refractivity contribution is 5.29. The number of aromatic hydroxyl groups is 1. The fourth-order valence-electron chi connectivity index (χ4n) is 1.98. The van der Waals surface area contributed by atoms with Gasteiger partial charge in [0, 0.05) is 12.6 Å². The van der Waals surface area contributed by atoms with Gasteiger partial charge < -0.3 is 15.5 Å². The van der Waals surface area contributed by atoms with Crippen LogP contribution in [-0.4, -0.2) is 16.3 Å². The monoisotopic (exact) mass is 257 g/mol. The summed E-state index contributed by atoms with van der Waals surface area (Å²) in [7, 11) is 0. The number of hydrogen-bond acceptors (Lipinski definition) is 3. The molecule has 3 nitrogen and oxygen atoms in total. The Hall–Kier alpha value is -1.84.